The van der Waals surface area contributed by atoms with Crippen molar-refractivity contribution in [3.05, 3.63) is 0 Å². The highest BCUT2D eigenvalue weighted by molar-refractivity contribution is 7.47. The van der Waals surface area contributed by atoms with Gasteiger partial charge in [-0.2, -0.15) is 0 Å². The number of rotatable bonds is 11. The standard InChI is InChI=1S/C27H54NO5P/c1-28(20-24-31-25-21-28)22-26-33-34(29,30)32-23-16-12-15-19-27-17-13-10-8-6-4-2-3-5-7-9-11-14-18-27/h27H,2-26H2,1H3/p+1. The Balaban J connectivity index is 1.54. The molecule has 1 unspecified atom stereocenters. The fourth-order valence-corrected chi connectivity index (χ4v) is 6.13. The van der Waals surface area contributed by atoms with Gasteiger partial charge in [-0.1, -0.05) is 109 Å². The van der Waals surface area contributed by atoms with Gasteiger partial charge in [-0.05, 0) is 12.3 Å². The molecule has 202 valence electrons. The highest BCUT2D eigenvalue weighted by Crippen LogP contribution is 2.43. The van der Waals surface area contributed by atoms with Crippen LogP contribution in [0.3, 0.4) is 0 Å². The van der Waals surface area contributed by atoms with Gasteiger partial charge in [0.1, 0.15) is 26.2 Å². The van der Waals surface area contributed by atoms with Crippen LogP contribution in [0.5, 0.6) is 0 Å². The van der Waals surface area contributed by atoms with E-state index in [0.717, 1.165) is 49.5 Å². The van der Waals surface area contributed by atoms with Crippen LogP contribution in [-0.2, 0) is 18.3 Å². The average Bonchev–Trinajstić information content (AvgIpc) is 2.81. The first kappa shape index (κ1) is 30.3. The molecule has 1 aliphatic heterocycles. The SMILES string of the molecule is C[N+]1(CCOP(=O)(O)OCCCCCC2CCCCCCCCCCCCCC2)CCOCC1. The summed E-state index contributed by atoms with van der Waals surface area (Å²) in [6.07, 6.45) is 24.2. The van der Waals surface area contributed by atoms with Gasteiger partial charge in [0.2, 0.25) is 0 Å². The summed E-state index contributed by atoms with van der Waals surface area (Å²) >= 11 is 0. The Hall–Kier alpha value is 0.0300. The van der Waals surface area contributed by atoms with Gasteiger partial charge in [-0.25, -0.2) is 4.57 Å². The third kappa shape index (κ3) is 15.2. The molecule has 2 aliphatic rings. The third-order valence-corrected chi connectivity index (χ3v) is 8.94. The number of unbranched alkanes of at least 4 members (excludes halogenated alkanes) is 2. The van der Waals surface area contributed by atoms with E-state index in [-0.39, 0.29) is 6.61 Å². The maximum atomic E-state index is 12.2. The van der Waals surface area contributed by atoms with Gasteiger partial charge in [0.15, 0.2) is 0 Å². The molecule has 0 bridgehead atoms. The Morgan fingerprint density at radius 3 is 1.82 bits per heavy atom. The molecule has 0 aromatic rings. The number of morpholine rings is 1. The van der Waals surface area contributed by atoms with Crippen LogP contribution in [0.2, 0.25) is 0 Å². The van der Waals surface area contributed by atoms with Gasteiger partial charge < -0.3 is 14.1 Å². The predicted molar refractivity (Wildman–Crippen MR) is 140 cm³/mol. The van der Waals surface area contributed by atoms with Gasteiger partial charge in [0.05, 0.1) is 26.9 Å². The largest absolute Gasteiger partial charge is 0.472 e. The maximum absolute atomic E-state index is 12.2. The number of phosphoric ester groups is 1. The lowest BCUT2D eigenvalue weighted by molar-refractivity contribution is -0.916. The van der Waals surface area contributed by atoms with E-state index in [2.05, 4.69) is 7.05 Å². The van der Waals surface area contributed by atoms with E-state index in [1.807, 2.05) is 0 Å². The summed E-state index contributed by atoms with van der Waals surface area (Å²) in [4.78, 5) is 9.97. The van der Waals surface area contributed by atoms with E-state index in [0.29, 0.717) is 13.2 Å². The number of nitrogens with zero attached hydrogens (tertiary/aromatic N) is 1. The summed E-state index contributed by atoms with van der Waals surface area (Å²) in [5.41, 5.74) is 0. The summed E-state index contributed by atoms with van der Waals surface area (Å²) in [6, 6.07) is 0. The van der Waals surface area contributed by atoms with Crippen LogP contribution in [0.15, 0.2) is 0 Å². The molecule has 0 aromatic heterocycles. The lowest BCUT2D eigenvalue weighted by Crippen LogP contribution is -2.53. The molecule has 0 spiro atoms. The molecule has 1 saturated carbocycles. The molecule has 2 fully saturated rings. The lowest BCUT2D eigenvalue weighted by atomic mass is 9.90. The minimum Gasteiger partial charge on any atom is -0.370 e. The highest BCUT2D eigenvalue weighted by Gasteiger charge is 2.27. The molecule has 1 saturated heterocycles. The van der Waals surface area contributed by atoms with E-state index in [1.165, 1.54) is 103 Å². The molecule has 0 amide bonds. The van der Waals surface area contributed by atoms with Crippen LogP contribution in [0.1, 0.15) is 116 Å². The van der Waals surface area contributed by atoms with Crippen molar-refractivity contribution in [3.8, 4) is 0 Å². The van der Waals surface area contributed by atoms with Gasteiger partial charge in [-0.3, -0.25) is 9.05 Å². The minimum atomic E-state index is -3.94. The Morgan fingerprint density at radius 2 is 1.26 bits per heavy atom. The minimum absolute atomic E-state index is 0.242. The molecule has 1 atom stereocenters. The second kappa shape index (κ2) is 18.3. The van der Waals surface area contributed by atoms with Gasteiger partial charge in [0.25, 0.3) is 0 Å². The molecule has 2 rings (SSSR count). The highest BCUT2D eigenvalue weighted by atomic mass is 31.2. The Kier molecular flexibility index (Phi) is 16.3. The summed E-state index contributed by atoms with van der Waals surface area (Å²) < 4.78 is 28.8. The quantitative estimate of drug-likeness (QED) is 0.182. The predicted octanol–water partition coefficient (Wildman–Crippen LogP) is 7.25. The number of phosphoric acid groups is 1. The van der Waals surface area contributed by atoms with Crippen LogP contribution in [-0.4, -0.2) is 62.5 Å². The summed E-state index contributed by atoms with van der Waals surface area (Å²) in [6.45, 7) is 4.57. The number of quaternary nitrogens is 1. The van der Waals surface area contributed by atoms with Gasteiger partial charge >= 0.3 is 7.82 Å². The van der Waals surface area contributed by atoms with E-state index in [9.17, 15) is 9.46 Å². The normalized spacial score (nSPS) is 24.1. The van der Waals surface area contributed by atoms with Crippen LogP contribution in [0, 0.1) is 5.92 Å². The van der Waals surface area contributed by atoms with Crippen molar-refractivity contribution in [2.75, 3.05) is 53.1 Å². The van der Waals surface area contributed by atoms with E-state index in [1.54, 1.807) is 0 Å². The van der Waals surface area contributed by atoms with Gasteiger partial charge in [0, 0.05) is 0 Å². The molecule has 0 radical (unpaired) electrons. The van der Waals surface area contributed by atoms with E-state index < -0.39 is 7.82 Å². The number of likely N-dealkylation sites (N-methyl/N-ethyl adjacent to an activating group) is 1. The number of hydrogen-bond acceptors (Lipinski definition) is 4. The molecule has 0 aromatic carbocycles. The molecule has 7 heteroatoms. The third-order valence-electron chi connectivity index (χ3n) is 7.92. The Morgan fingerprint density at radius 1 is 0.765 bits per heavy atom. The molecule has 1 aliphatic carbocycles. The van der Waals surface area contributed by atoms with Crippen molar-refractivity contribution in [2.45, 2.75) is 116 Å². The lowest BCUT2D eigenvalue weighted by Gasteiger charge is -2.37. The summed E-state index contributed by atoms with van der Waals surface area (Å²) in [5.74, 6) is 0.864. The first-order valence-corrected chi connectivity index (χ1v) is 16.0. The van der Waals surface area contributed by atoms with Crippen molar-refractivity contribution in [1.82, 2.24) is 0 Å². The van der Waals surface area contributed by atoms with Crippen molar-refractivity contribution < 1.29 is 27.7 Å². The van der Waals surface area contributed by atoms with Gasteiger partial charge in [-0.15, -0.1) is 0 Å². The fourth-order valence-electron chi connectivity index (χ4n) is 5.38. The van der Waals surface area contributed by atoms with E-state index in [4.69, 9.17) is 13.8 Å². The van der Waals surface area contributed by atoms with Crippen LogP contribution < -0.4 is 0 Å². The second-order valence-electron chi connectivity index (χ2n) is 11.1. The first-order chi connectivity index (χ1) is 16.5. The molecular weight excluding hydrogens is 449 g/mol. The van der Waals surface area contributed by atoms with Crippen molar-refractivity contribution >= 4 is 7.82 Å². The van der Waals surface area contributed by atoms with Crippen LogP contribution >= 0.6 is 7.82 Å². The monoisotopic (exact) mass is 504 g/mol. The molecular formula is C27H55NO5P+. The Labute approximate surface area is 210 Å². The molecule has 1 N–H and O–H groups in total. The van der Waals surface area contributed by atoms with Crippen LogP contribution in [0.25, 0.3) is 0 Å². The average molecular weight is 505 g/mol. The zero-order valence-electron chi connectivity index (χ0n) is 22.2. The molecule has 6 nitrogen and oxygen atoms in total. The number of ether oxygens (including phenoxy) is 1. The summed E-state index contributed by atoms with van der Waals surface area (Å²) in [5, 5.41) is 0. The zero-order valence-corrected chi connectivity index (χ0v) is 23.1. The van der Waals surface area contributed by atoms with E-state index >= 15 is 0 Å². The maximum Gasteiger partial charge on any atom is 0.472 e. The second-order valence-corrected chi connectivity index (χ2v) is 12.5. The topological polar surface area (TPSA) is 65.0 Å². The first-order valence-electron chi connectivity index (χ1n) is 14.5. The smallest absolute Gasteiger partial charge is 0.370 e. The molecule has 34 heavy (non-hydrogen) atoms. The zero-order chi connectivity index (χ0) is 24.4. The van der Waals surface area contributed by atoms with Crippen molar-refractivity contribution in [2.24, 2.45) is 5.92 Å². The molecule has 1 heterocycles. The van der Waals surface area contributed by atoms with Crippen molar-refractivity contribution in [1.29, 1.82) is 0 Å². The summed E-state index contributed by atoms with van der Waals surface area (Å²) in [7, 11) is -1.80. The fraction of sp³-hybridized carbons (Fsp3) is 1.00. The number of hydrogen-bond donors (Lipinski definition) is 1. The Bertz CT molecular complexity index is 525. The van der Waals surface area contributed by atoms with Crippen molar-refractivity contribution in [3.63, 3.8) is 0 Å². The van der Waals surface area contributed by atoms with Crippen LogP contribution in [0.4, 0.5) is 0 Å².